The number of hydrogen-bond acceptors (Lipinski definition) is 1. The van der Waals surface area contributed by atoms with E-state index in [0.717, 1.165) is 0 Å². The maximum atomic E-state index is 2.22. The normalized spacial score (nSPS) is 22.2. The van der Waals surface area contributed by atoms with Gasteiger partial charge in [0.05, 0.1) is 5.25 Å². The second kappa shape index (κ2) is 2.51. The number of benzene rings is 1. The topological polar surface area (TPSA) is 0 Å². The van der Waals surface area contributed by atoms with E-state index in [9.17, 15) is 0 Å². The summed E-state index contributed by atoms with van der Waals surface area (Å²) in [6.45, 7) is 0. The summed E-state index contributed by atoms with van der Waals surface area (Å²) in [5.74, 6) is 0. The van der Waals surface area contributed by atoms with Crippen molar-refractivity contribution in [3.05, 3.63) is 47.4 Å². The molecule has 0 spiro atoms. The molecule has 2 rings (SSSR count). The third-order valence-electron chi connectivity index (χ3n) is 1.61. The highest BCUT2D eigenvalue weighted by atomic mass is 32.2. The molecule has 1 atom stereocenters. The molecule has 0 aliphatic carbocycles. The summed E-state index contributed by atoms with van der Waals surface area (Å²) in [7, 11) is 0. The monoisotopic (exact) mass is 148 g/mol. The van der Waals surface area contributed by atoms with Crippen molar-refractivity contribution in [2.24, 2.45) is 0 Å². The van der Waals surface area contributed by atoms with E-state index in [2.05, 4.69) is 41.8 Å². The van der Waals surface area contributed by atoms with Gasteiger partial charge < -0.3 is 0 Å². The minimum atomic E-state index is 0.626. The van der Waals surface area contributed by atoms with Crippen molar-refractivity contribution < 1.29 is 0 Å². The summed E-state index contributed by atoms with van der Waals surface area (Å²) in [5.41, 5.74) is 1.41. The Bertz CT molecular complexity index is 238. The van der Waals surface area contributed by atoms with Crippen LogP contribution in [0.25, 0.3) is 0 Å². The lowest BCUT2D eigenvalue weighted by atomic mass is 10.1. The van der Waals surface area contributed by atoms with E-state index in [-0.39, 0.29) is 0 Å². The van der Waals surface area contributed by atoms with Crippen molar-refractivity contribution in [1.29, 1.82) is 0 Å². The van der Waals surface area contributed by atoms with Crippen LogP contribution in [0.4, 0.5) is 0 Å². The van der Waals surface area contributed by atoms with Gasteiger partial charge in [-0.05, 0) is 11.0 Å². The molecule has 1 aromatic carbocycles. The highest BCUT2D eigenvalue weighted by Crippen LogP contribution is 2.38. The zero-order valence-corrected chi connectivity index (χ0v) is 6.34. The lowest BCUT2D eigenvalue weighted by molar-refractivity contribution is 1.22. The fourth-order valence-electron chi connectivity index (χ4n) is 0.990. The lowest BCUT2D eigenvalue weighted by Crippen LogP contribution is -1.92. The van der Waals surface area contributed by atoms with Gasteiger partial charge in [-0.1, -0.05) is 36.4 Å². The van der Waals surface area contributed by atoms with Gasteiger partial charge in [-0.25, -0.2) is 0 Å². The molecule has 10 heavy (non-hydrogen) atoms. The Labute approximate surface area is 65.0 Å². The molecular formula is C9H8S. The van der Waals surface area contributed by atoms with Crippen LogP contribution in [-0.4, -0.2) is 0 Å². The lowest BCUT2D eigenvalue weighted by Gasteiger charge is -2.16. The van der Waals surface area contributed by atoms with Crippen LogP contribution in [0.15, 0.2) is 41.8 Å². The Kier molecular flexibility index (Phi) is 1.52. The van der Waals surface area contributed by atoms with Gasteiger partial charge in [0.25, 0.3) is 0 Å². The van der Waals surface area contributed by atoms with Gasteiger partial charge in [-0.2, -0.15) is 0 Å². The molecule has 0 amide bonds. The smallest absolute Gasteiger partial charge is 0.0526 e. The minimum Gasteiger partial charge on any atom is -0.122 e. The largest absolute Gasteiger partial charge is 0.122 e. The first-order valence-corrected chi connectivity index (χ1v) is 4.28. The first-order chi connectivity index (χ1) is 4.97. The Morgan fingerprint density at radius 3 is 2.30 bits per heavy atom. The van der Waals surface area contributed by atoms with Crippen LogP contribution < -0.4 is 0 Å². The van der Waals surface area contributed by atoms with Crippen LogP contribution in [0.2, 0.25) is 0 Å². The van der Waals surface area contributed by atoms with Gasteiger partial charge in [0.2, 0.25) is 0 Å². The van der Waals surface area contributed by atoms with Gasteiger partial charge >= 0.3 is 0 Å². The second-order valence-corrected chi connectivity index (χ2v) is 3.35. The van der Waals surface area contributed by atoms with Crippen molar-refractivity contribution in [3.8, 4) is 0 Å². The summed E-state index contributed by atoms with van der Waals surface area (Å²) in [5, 5.41) is 2.76. The molecule has 1 aliphatic rings. The summed E-state index contributed by atoms with van der Waals surface area (Å²) < 4.78 is 0. The Morgan fingerprint density at radius 2 is 1.80 bits per heavy atom. The first kappa shape index (κ1) is 6.05. The van der Waals surface area contributed by atoms with Crippen molar-refractivity contribution in [2.75, 3.05) is 0 Å². The van der Waals surface area contributed by atoms with Gasteiger partial charge in [-0.15, -0.1) is 11.8 Å². The van der Waals surface area contributed by atoms with Crippen LogP contribution in [0.3, 0.4) is 0 Å². The summed E-state index contributed by atoms with van der Waals surface area (Å²) in [6.07, 6.45) is 2.22. The van der Waals surface area contributed by atoms with Crippen LogP contribution in [0, 0.1) is 0 Å². The molecule has 1 aliphatic heterocycles. The van der Waals surface area contributed by atoms with Crippen LogP contribution in [0.1, 0.15) is 10.8 Å². The van der Waals surface area contributed by atoms with Crippen LogP contribution in [-0.2, 0) is 0 Å². The molecule has 1 heteroatoms. The summed E-state index contributed by atoms with van der Waals surface area (Å²) in [4.78, 5) is 0. The maximum absolute atomic E-state index is 2.22. The molecule has 0 saturated carbocycles. The number of thioether (sulfide) groups is 1. The maximum Gasteiger partial charge on any atom is 0.0526 e. The van der Waals surface area contributed by atoms with E-state index in [1.54, 1.807) is 0 Å². The van der Waals surface area contributed by atoms with Crippen molar-refractivity contribution in [1.82, 2.24) is 0 Å². The predicted molar refractivity (Wildman–Crippen MR) is 45.9 cm³/mol. The van der Waals surface area contributed by atoms with E-state index in [1.807, 2.05) is 11.8 Å². The molecule has 0 radical (unpaired) electrons. The highest BCUT2D eigenvalue weighted by Gasteiger charge is 2.11. The molecule has 1 unspecified atom stereocenters. The Morgan fingerprint density at radius 1 is 1.10 bits per heavy atom. The molecule has 1 aromatic rings. The Balaban J connectivity index is 2.26. The van der Waals surface area contributed by atoms with E-state index in [0.29, 0.717) is 5.25 Å². The highest BCUT2D eigenvalue weighted by molar-refractivity contribution is 8.03. The molecule has 50 valence electrons. The standard InChI is InChI=1S/C9H8S/c1-2-4-8(5-3-1)9-6-7-10-9/h1-7,9H. The van der Waals surface area contributed by atoms with Gasteiger partial charge in [0, 0.05) is 0 Å². The van der Waals surface area contributed by atoms with E-state index >= 15 is 0 Å². The van der Waals surface area contributed by atoms with Gasteiger partial charge in [-0.3, -0.25) is 0 Å². The van der Waals surface area contributed by atoms with E-state index < -0.39 is 0 Å². The van der Waals surface area contributed by atoms with Gasteiger partial charge in [0.15, 0.2) is 0 Å². The van der Waals surface area contributed by atoms with E-state index in [4.69, 9.17) is 0 Å². The third kappa shape index (κ3) is 0.971. The molecule has 0 N–H and O–H groups in total. The fraction of sp³-hybridized carbons (Fsp3) is 0.111. The van der Waals surface area contributed by atoms with E-state index in [1.165, 1.54) is 5.56 Å². The molecule has 0 saturated heterocycles. The summed E-state index contributed by atoms with van der Waals surface area (Å²) in [6, 6.07) is 10.6. The van der Waals surface area contributed by atoms with Crippen LogP contribution >= 0.6 is 11.8 Å². The van der Waals surface area contributed by atoms with Crippen molar-refractivity contribution in [3.63, 3.8) is 0 Å². The quantitative estimate of drug-likeness (QED) is 0.590. The molecule has 0 aromatic heterocycles. The second-order valence-electron chi connectivity index (χ2n) is 2.30. The fourth-order valence-corrected chi connectivity index (χ4v) is 1.62. The van der Waals surface area contributed by atoms with Gasteiger partial charge in [0.1, 0.15) is 0 Å². The van der Waals surface area contributed by atoms with Crippen molar-refractivity contribution >= 4 is 11.8 Å². The van der Waals surface area contributed by atoms with Crippen LogP contribution in [0.5, 0.6) is 0 Å². The first-order valence-electron chi connectivity index (χ1n) is 3.34. The average molecular weight is 148 g/mol. The Hall–Kier alpha value is -0.690. The molecular weight excluding hydrogens is 140 g/mol. The SMILES string of the molecule is C1=CC(c2ccccc2)S1. The molecule has 0 fully saturated rings. The zero-order valence-electron chi connectivity index (χ0n) is 5.53. The predicted octanol–water partition coefficient (Wildman–Crippen LogP) is 2.99. The summed E-state index contributed by atoms with van der Waals surface area (Å²) >= 11 is 1.88. The molecule has 0 nitrogen and oxygen atoms in total. The average Bonchev–Trinajstić information content (AvgIpc) is 1.86. The third-order valence-corrected chi connectivity index (χ3v) is 2.64. The van der Waals surface area contributed by atoms with Crippen molar-refractivity contribution in [2.45, 2.75) is 5.25 Å². The molecule has 1 heterocycles. The number of rotatable bonds is 1. The zero-order chi connectivity index (χ0) is 6.81. The minimum absolute atomic E-state index is 0.626. The molecule has 0 bridgehead atoms. The number of hydrogen-bond donors (Lipinski definition) is 0.